The molecule has 0 saturated heterocycles. The van der Waals surface area contributed by atoms with Crippen LogP contribution in [0.3, 0.4) is 0 Å². The standard InChI is InChI=1S/C13H18O/c1-5-12-7-6-11(4)8-13(12)14-9-10(2)3/h5-8,10H,1,9H2,2-4H3. The van der Waals surface area contributed by atoms with Crippen molar-refractivity contribution < 1.29 is 4.74 Å². The zero-order valence-corrected chi connectivity index (χ0v) is 9.21. The molecule has 0 atom stereocenters. The van der Waals surface area contributed by atoms with E-state index < -0.39 is 0 Å². The predicted octanol–water partition coefficient (Wildman–Crippen LogP) is 3.67. The van der Waals surface area contributed by atoms with E-state index in [9.17, 15) is 0 Å². The second-order valence-corrected chi connectivity index (χ2v) is 3.95. The van der Waals surface area contributed by atoms with Gasteiger partial charge in [0.15, 0.2) is 0 Å². The van der Waals surface area contributed by atoms with Crippen molar-refractivity contribution in [3.05, 3.63) is 35.9 Å². The molecule has 1 aromatic rings. The third kappa shape index (κ3) is 2.91. The summed E-state index contributed by atoms with van der Waals surface area (Å²) < 4.78 is 5.70. The van der Waals surface area contributed by atoms with Gasteiger partial charge in [0.25, 0.3) is 0 Å². The SMILES string of the molecule is C=Cc1ccc(C)cc1OCC(C)C. The van der Waals surface area contributed by atoms with Crippen molar-refractivity contribution in [3.8, 4) is 5.75 Å². The molecule has 1 nitrogen and oxygen atoms in total. The first-order chi connectivity index (χ1) is 6.63. The van der Waals surface area contributed by atoms with Gasteiger partial charge in [-0.25, -0.2) is 0 Å². The molecule has 0 radical (unpaired) electrons. The smallest absolute Gasteiger partial charge is 0.126 e. The van der Waals surface area contributed by atoms with Crippen LogP contribution in [0, 0.1) is 12.8 Å². The van der Waals surface area contributed by atoms with Crippen LogP contribution in [0.15, 0.2) is 24.8 Å². The van der Waals surface area contributed by atoms with Crippen molar-refractivity contribution in [3.63, 3.8) is 0 Å². The van der Waals surface area contributed by atoms with Crippen LogP contribution < -0.4 is 4.74 Å². The molecule has 0 aromatic heterocycles. The van der Waals surface area contributed by atoms with Crippen LogP contribution in [0.25, 0.3) is 6.08 Å². The Morgan fingerprint density at radius 2 is 2.14 bits per heavy atom. The first-order valence-electron chi connectivity index (χ1n) is 4.99. The first-order valence-corrected chi connectivity index (χ1v) is 4.99. The molecule has 0 spiro atoms. The number of benzene rings is 1. The van der Waals surface area contributed by atoms with Gasteiger partial charge in [0, 0.05) is 5.56 Å². The maximum atomic E-state index is 5.70. The highest BCUT2D eigenvalue weighted by Crippen LogP contribution is 2.21. The van der Waals surface area contributed by atoms with Crippen LogP contribution in [0.1, 0.15) is 25.0 Å². The topological polar surface area (TPSA) is 9.23 Å². The Labute approximate surface area is 86.4 Å². The minimum atomic E-state index is 0.549. The van der Waals surface area contributed by atoms with Gasteiger partial charge in [-0.2, -0.15) is 0 Å². The van der Waals surface area contributed by atoms with E-state index in [0.29, 0.717) is 5.92 Å². The second-order valence-electron chi connectivity index (χ2n) is 3.95. The fraction of sp³-hybridized carbons (Fsp3) is 0.385. The molecule has 0 aliphatic carbocycles. The molecule has 1 aromatic carbocycles. The molecule has 0 heterocycles. The minimum absolute atomic E-state index is 0.549. The maximum absolute atomic E-state index is 5.70. The Hall–Kier alpha value is -1.24. The molecule has 76 valence electrons. The van der Waals surface area contributed by atoms with E-state index >= 15 is 0 Å². The van der Waals surface area contributed by atoms with Crippen molar-refractivity contribution in [2.24, 2.45) is 5.92 Å². The summed E-state index contributed by atoms with van der Waals surface area (Å²) in [5, 5.41) is 0. The summed E-state index contributed by atoms with van der Waals surface area (Å²) in [5.41, 5.74) is 2.28. The summed E-state index contributed by atoms with van der Waals surface area (Å²) in [5.74, 6) is 1.49. The van der Waals surface area contributed by atoms with E-state index in [1.807, 2.05) is 12.1 Å². The largest absolute Gasteiger partial charge is 0.493 e. The van der Waals surface area contributed by atoms with Gasteiger partial charge in [0.05, 0.1) is 6.61 Å². The van der Waals surface area contributed by atoms with Crippen LogP contribution in [0.2, 0.25) is 0 Å². The zero-order valence-electron chi connectivity index (χ0n) is 9.21. The lowest BCUT2D eigenvalue weighted by atomic mass is 10.1. The highest BCUT2D eigenvalue weighted by atomic mass is 16.5. The van der Waals surface area contributed by atoms with Gasteiger partial charge in [0.2, 0.25) is 0 Å². The van der Waals surface area contributed by atoms with Crippen LogP contribution in [0.4, 0.5) is 0 Å². The quantitative estimate of drug-likeness (QED) is 0.703. The third-order valence-corrected chi connectivity index (χ3v) is 1.96. The fourth-order valence-electron chi connectivity index (χ4n) is 1.19. The van der Waals surface area contributed by atoms with E-state index in [-0.39, 0.29) is 0 Å². The van der Waals surface area contributed by atoms with Crippen molar-refractivity contribution in [2.45, 2.75) is 20.8 Å². The zero-order chi connectivity index (χ0) is 10.6. The van der Waals surface area contributed by atoms with Crippen LogP contribution in [0.5, 0.6) is 5.75 Å². The number of aryl methyl sites for hydroxylation is 1. The minimum Gasteiger partial charge on any atom is -0.493 e. The summed E-state index contributed by atoms with van der Waals surface area (Å²) in [6.07, 6.45) is 1.83. The normalized spacial score (nSPS) is 10.3. The molecule has 0 aliphatic heterocycles. The molecule has 0 bridgehead atoms. The molecule has 1 heteroatoms. The summed E-state index contributed by atoms with van der Waals surface area (Å²) in [6, 6.07) is 6.16. The Morgan fingerprint density at radius 1 is 1.43 bits per heavy atom. The Kier molecular flexibility index (Phi) is 3.75. The van der Waals surface area contributed by atoms with Gasteiger partial charge < -0.3 is 4.74 Å². The lowest BCUT2D eigenvalue weighted by molar-refractivity contribution is 0.270. The highest BCUT2D eigenvalue weighted by molar-refractivity contribution is 5.56. The molecule has 0 N–H and O–H groups in total. The third-order valence-electron chi connectivity index (χ3n) is 1.96. The Balaban J connectivity index is 2.82. The van der Waals surface area contributed by atoms with E-state index in [0.717, 1.165) is 17.9 Å². The summed E-state index contributed by atoms with van der Waals surface area (Å²) in [7, 11) is 0. The van der Waals surface area contributed by atoms with Crippen molar-refractivity contribution >= 4 is 6.08 Å². The fourth-order valence-corrected chi connectivity index (χ4v) is 1.19. The molecule has 0 saturated carbocycles. The highest BCUT2D eigenvalue weighted by Gasteiger charge is 2.02. The predicted molar refractivity (Wildman–Crippen MR) is 61.6 cm³/mol. The first kappa shape index (κ1) is 10.8. The Bertz CT molecular complexity index is 313. The van der Waals surface area contributed by atoms with E-state index in [2.05, 4.69) is 39.5 Å². The lowest BCUT2D eigenvalue weighted by Crippen LogP contribution is -2.05. The summed E-state index contributed by atoms with van der Waals surface area (Å²) in [4.78, 5) is 0. The number of hydrogen-bond acceptors (Lipinski definition) is 1. The van der Waals surface area contributed by atoms with Crippen LogP contribution in [-0.2, 0) is 0 Å². The average molecular weight is 190 g/mol. The molecule has 0 unspecified atom stereocenters. The lowest BCUT2D eigenvalue weighted by Gasteiger charge is -2.11. The van der Waals surface area contributed by atoms with Crippen molar-refractivity contribution in [1.82, 2.24) is 0 Å². The van der Waals surface area contributed by atoms with Crippen molar-refractivity contribution in [2.75, 3.05) is 6.61 Å². The second kappa shape index (κ2) is 4.85. The summed E-state index contributed by atoms with van der Waals surface area (Å²) in [6.45, 7) is 10.9. The Morgan fingerprint density at radius 3 is 2.71 bits per heavy atom. The molecular weight excluding hydrogens is 172 g/mol. The summed E-state index contributed by atoms with van der Waals surface area (Å²) >= 11 is 0. The molecule has 14 heavy (non-hydrogen) atoms. The monoisotopic (exact) mass is 190 g/mol. The van der Waals surface area contributed by atoms with E-state index in [1.54, 1.807) is 0 Å². The average Bonchev–Trinajstić information content (AvgIpc) is 2.15. The number of ether oxygens (including phenoxy) is 1. The van der Waals surface area contributed by atoms with Gasteiger partial charge in [0.1, 0.15) is 5.75 Å². The van der Waals surface area contributed by atoms with E-state index in [1.165, 1.54) is 5.56 Å². The van der Waals surface area contributed by atoms with Gasteiger partial charge in [-0.1, -0.05) is 38.6 Å². The molecule has 0 amide bonds. The van der Waals surface area contributed by atoms with Crippen molar-refractivity contribution in [1.29, 1.82) is 0 Å². The number of rotatable bonds is 4. The van der Waals surface area contributed by atoms with Gasteiger partial charge >= 0.3 is 0 Å². The van der Waals surface area contributed by atoms with Gasteiger partial charge in [-0.3, -0.25) is 0 Å². The van der Waals surface area contributed by atoms with Gasteiger partial charge in [-0.05, 0) is 24.5 Å². The molecule has 0 aliphatic rings. The van der Waals surface area contributed by atoms with Crippen LogP contribution in [-0.4, -0.2) is 6.61 Å². The molecular formula is C13H18O. The van der Waals surface area contributed by atoms with E-state index in [4.69, 9.17) is 4.74 Å². The van der Waals surface area contributed by atoms with Gasteiger partial charge in [-0.15, -0.1) is 0 Å². The maximum Gasteiger partial charge on any atom is 0.126 e. The molecule has 1 rings (SSSR count). The molecule has 0 fully saturated rings. The van der Waals surface area contributed by atoms with Crippen LogP contribution >= 0.6 is 0 Å². The number of hydrogen-bond donors (Lipinski definition) is 0.